The van der Waals surface area contributed by atoms with Gasteiger partial charge in [0.1, 0.15) is 0 Å². The van der Waals surface area contributed by atoms with Gasteiger partial charge in [-0.2, -0.15) is 5.10 Å². The molecular weight excluding hydrogens is 310 g/mol. The third kappa shape index (κ3) is 3.57. The van der Waals surface area contributed by atoms with Gasteiger partial charge >= 0.3 is 0 Å². The minimum atomic E-state index is -3.26. The van der Waals surface area contributed by atoms with Crippen molar-refractivity contribution in [2.75, 3.05) is 11.6 Å². The molecule has 1 N–H and O–H groups in total. The Morgan fingerprint density at radius 2 is 2.05 bits per heavy atom. The fourth-order valence-corrected chi connectivity index (χ4v) is 3.02. The van der Waals surface area contributed by atoms with E-state index in [1.807, 2.05) is 27.1 Å². The molecule has 0 aliphatic heterocycles. The number of nitrogens with one attached hydrogen (secondary N) is 1. The van der Waals surface area contributed by atoms with E-state index in [1.54, 1.807) is 16.8 Å². The lowest BCUT2D eigenvalue weighted by Gasteiger charge is -2.16. The summed E-state index contributed by atoms with van der Waals surface area (Å²) in [7, 11) is -1.40. The van der Waals surface area contributed by atoms with Crippen molar-refractivity contribution in [1.29, 1.82) is 0 Å². The number of sulfone groups is 1. The minimum Gasteiger partial charge on any atom is -0.377 e. The summed E-state index contributed by atoms with van der Waals surface area (Å²) in [4.78, 5) is 0.240. The van der Waals surface area contributed by atoms with Crippen LogP contribution in [0, 0.1) is 6.92 Å². The zero-order chi connectivity index (χ0) is 15.8. The number of aryl methyl sites for hydroxylation is 2. The number of hydrogen-bond donors (Lipinski definition) is 1. The fourth-order valence-electron chi connectivity index (χ4n) is 2.20. The zero-order valence-corrected chi connectivity index (χ0v) is 14.0. The Labute approximate surface area is 129 Å². The van der Waals surface area contributed by atoms with Gasteiger partial charge in [-0.05, 0) is 32.0 Å². The van der Waals surface area contributed by atoms with Crippen LogP contribution in [0.4, 0.5) is 5.69 Å². The molecule has 0 saturated heterocycles. The molecule has 2 aromatic rings. The molecule has 1 aromatic carbocycles. The third-order valence-electron chi connectivity index (χ3n) is 3.26. The number of nitrogens with zero attached hydrogens (tertiary/aromatic N) is 2. The van der Waals surface area contributed by atoms with Crippen molar-refractivity contribution in [3.8, 4) is 0 Å². The van der Waals surface area contributed by atoms with Crippen LogP contribution < -0.4 is 5.32 Å². The van der Waals surface area contributed by atoms with Gasteiger partial charge in [0.2, 0.25) is 0 Å². The van der Waals surface area contributed by atoms with Gasteiger partial charge < -0.3 is 5.32 Å². The molecule has 0 saturated carbocycles. The lowest BCUT2D eigenvalue weighted by molar-refractivity contribution is 0.602. The van der Waals surface area contributed by atoms with E-state index in [4.69, 9.17) is 11.6 Å². The molecule has 114 valence electrons. The molecule has 0 bridgehead atoms. The first-order valence-corrected chi connectivity index (χ1v) is 8.71. The van der Waals surface area contributed by atoms with Gasteiger partial charge in [0, 0.05) is 25.1 Å². The van der Waals surface area contributed by atoms with Gasteiger partial charge in [-0.3, -0.25) is 4.68 Å². The van der Waals surface area contributed by atoms with Crippen molar-refractivity contribution in [3.05, 3.63) is 40.7 Å². The minimum absolute atomic E-state index is 0.0361. The van der Waals surface area contributed by atoms with E-state index in [9.17, 15) is 8.42 Å². The summed E-state index contributed by atoms with van der Waals surface area (Å²) >= 11 is 6.14. The van der Waals surface area contributed by atoms with E-state index < -0.39 is 9.84 Å². The first-order chi connectivity index (χ1) is 9.68. The van der Waals surface area contributed by atoms with E-state index in [0.29, 0.717) is 10.7 Å². The monoisotopic (exact) mass is 327 g/mol. The molecule has 0 aliphatic rings. The SMILES string of the molecule is Cc1nn(C)cc1C(C)Nc1cc(S(C)(=O)=O)ccc1Cl. The summed E-state index contributed by atoms with van der Waals surface area (Å²) in [6.45, 7) is 3.91. The van der Waals surface area contributed by atoms with Crippen molar-refractivity contribution in [3.63, 3.8) is 0 Å². The summed E-state index contributed by atoms with van der Waals surface area (Å²) in [6, 6.07) is 4.61. The van der Waals surface area contributed by atoms with Crippen LogP contribution in [-0.2, 0) is 16.9 Å². The van der Waals surface area contributed by atoms with Crippen LogP contribution >= 0.6 is 11.6 Å². The van der Waals surface area contributed by atoms with Crippen molar-refractivity contribution >= 4 is 27.1 Å². The number of hydrogen-bond acceptors (Lipinski definition) is 4. The van der Waals surface area contributed by atoms with Gasteiger partial charge in [-0.15, -0.1) is 0 Å². The van der Waals surface area contributed by atoms with E-state index in [0.717, 1.165) is 11.3 Å². The predicted molar refractivity (Wildman–Crippen MR) is 84.5 cm³/mol. The molecule has 5 nitrogen and oxygen atoms in total. The highest BCUT2D eigenvalue weighted by Gasteiger charge is 2.15. The summed E-state index contributed by atoms with van der Waals surface area (Å²) < 4.78 is 25.0. The third-order valence-corrected chi connectivity index (χ3v) is 4.70. The second-order valence-electron chi connectivity index (χ2n) is 5.12. The molecule has 7 heteroatoms. The summed E-state index contributed by atoms with van der Waals surface area (Å²) in [6.07, 6.45) is 3.11. The number of anilines is 1. The van der Waals surface area contributed by atoms with Crippen molar-refractivity contribution < 1.29 is 8.42 Å². The molecular formula is C14H18ClN3O2S. The Balaban J connectivity index is 2.33. The maximum absolute atomic E-state index is 11.6. The molecule has 21 heavy (non-hydrogen) atoms. The van der Waals surface area contributed by atoms with Gasteiger partial charge in [0.25, 0.3) is 0 Å². The Morgan fingerprint density at radius 1 is 1.38 bits per heavy atom. The number of rotatable bonds is 4. The van der Waals surface area contributed by atoms with Crippen LogP contribution in [0.15, 0.2) is 29.3 Å². The largest absolute Gasteiger partial charge is 0.377 e. The standard InChI is InChI=1S/C14H18ClN3O2S/c1-9(12-8-18(3)17-10(12)2)16-14-7-11(21(4,19)20)5-6-13(14)15/h5-9,16H,1-4H3. The van der Waals surface area contributed by atoms with Crippen LogP contribution in [0.5, 0.6) is 0 Å². The van der Waals surface area contributed by atoms with Crippen LogP contribution in [0.2, 0.25) is 5.02 Å². The van der Waals surface area contributed by atoms with Gasteiger partial charge in [0.05, 0.1) is 27.3 Å². The van der Waals surface area contributed by atoms with Crippen molar-refractivity contribution in [2.24, 2.45) is 7.05 Å². The second-order valence-corrected chi connectivity index (χ2v) is 7.55. The maximum atomic E-state index is 11.6. The molecule has 2 rings (SSSR count). The maximum Gasteiger partial charge on any atom is 0.175 e. The molecule has 0 spiro atoms. The molecule has 0 radical (unpaired) electrons. The molecule has 1 aromatic heterocycles. The Bertz CT molecular complexity index is 769. The topological polar surface area (TPSA) is 64.0 Å². The van der Waals surface area contributed by atoms with Crippen LogP contribution in [0.25, 0.3) is 0 Å². The fraction of sp³-hybridized carbons (Fsp3) is 0.357. The van der Waals surface area contributed by atoms with Crippen LogP contribution in [0.3, 0.4) is 0 Å². The molecule has 1 atom stereocenters. The predicted octanol–water partition coefficient (Wildman–Crippen LogP) is 2.96. The normalized spacial score (nSPS) is 13.2. The van der Waals surface area contributed by atoms with E-state index in [1.165, 1.54) is 12.3 Å². The van der Waals surface area contributed by atoms with Gasteiger partial charge in [-0.1, -0.05) is 11.6 Å². The number of aromatic nitrogens is 2. The molecule has 1 heterocycles. The summed E-state index contributed by atoms with van der Waals surface area (Å²) in [5.41, 5.74) is 2.56. The van der Waals surface area contributed by atoms with Gasteiger partial charge in [0.15, 0.2) is 9.84 Å². The van der Waals surface area contributed by atoms with Crippen LogP contribution in [-0.4, -0.2) is 24.5 Å². The Morgan fingerprint density at radius 3 is 2.57 bits per heavy atom. The Hall–Kier alpha value is -1.53. The van der Waals surface area contributed by atoms with E-state index in [2.05, 4.69) is 10.4 Å². The number of benzene rings is 1. The van der Waals surface area contributed by atoms with Crippen molar-refractivity contribution in [2.45, 2.75) is 24.8 Å². The summed E-state index contributed by atoms with van der Waals surface area (Å²) in [5.74, 6) is 0. The molecule has 1 unspecified atom stereocenters. The summed E-state index contributed by atoms with van der Waals surface area (Å²) in [5, 5.41) is 8.03. The first-order valence-electron chi connectivity index (χ1n) is 6.45. The average Bonchev–Trinajstić information content (AvgIpc) is 2.70. The van der Waals surface area contributed by atoms with E-state index in [-0.39, 0.29) is 10.9 Å². The quantitative estimate of drug-likeness (QED) is 0.937. The Kier molecular flexibility index (Phi) is 4.30. The highest BCUT2D eigenvalue weighted by Crippen LogP contribution is 2.29. The lowest BCUT2D eigenvalue weighted by Crippen LogP contribution is -2.08. The lowest BCUT2D eigenvalue weighted by atomic mass is 10.1. The first kappa shape index (κ1) is 15.9. The van der Waals surface area contributed by atoms with Crippen molar-refractivity contribution in [1.82, 2.24) is 9.78 Å². The highest BCUT2D eigenvalue weighted by atomic mass is 35.5. The molecule has 0 aliphatic carbocycles. The highest BCUT2D eigenvalue weighted by molar-refractivity contribution is 7.90. The number of halogens is 1. The van der Waals surface area contributed by atoms with Crippen LogP contribution in [0.1, 0.15) is 24.2 Å². The van der Waals surface area contributed by atoms with E-state index >= 15 is 0 Å². The zero-order valence-electron chi connectivity index (χ0n) is 12.4. The van der Waals surface area contributed by atoms with Gasteiger partial charge in [-0.25, -0.2) is 8.42 Å². The average molecular weight is 328 g/mol. The second kappa shape index (κ2) is 5.69. The smallest absolute Gasteiger partial charge is 0.175 e. The molecule has 0 fully saturated rings. The molecule has 0 amide bonds.